The first kappa shape index (κ1) is 14.4. The Morgan fingerprint density at radius 3 is 2.88 bits per heavy atom. The van der Waals surface area contributed by atoms with Crippen LogP contribution in [0.15, 0.2) is 0 Å². The smallest absolute Gasteiger partial charge is 0.246 e. The second-order valence-corrected chi connectivity index (χ2v) is 4.75. The molecule has 1 unspecified atom stereocenters. The summed E-state index contributed by atoms with van der Waals surface area (Å²) in [5, 5.41) is 2.93. The molecule has 0 aromatic rings. The van der Waals surface area contributed by atoms with E-state index in [0.29, 0.717) is 19.2 Å². The van der Waals surface area contributed by atoms with Crippen molar-refractivity contribution in [1.82, 2.24) is 15.1 Å². The van der Waals surface area contributed by atoms with Crippen LogP contribution >= 0.6 is 0 Å². The molecule has 17 heavy (non-hydrogen) atoms. The first-order valence-electron chi connectivity index (χ1n) is 6.36. The summed E-state index contributed by atoms with van der Waals surface area (Å²) in [5.74, 6) is -0.0138. The molecule has 0 saturated carbocycles. The van der Waals surface area contributed by atoms with Gasteiger partial charge in [-0.05, 0) is 20.5 Å². The fourth-order valence-corrected chi connectivity index (χ4v) is 1.91. The van der Waals surface area contributed by atoms with Crippen molar-refractivity contribution in [3.05, 3.63) is 0 Å². The highest BCUT2D eigenvalue weighted by Gasteiger charge is 2.22. The average molecular weight is 243 g/mol. The lowest BCUT2D eigenvalue weighted by Crippen LogP contribution is -2.54. The third-order valence-electron chi connectivity index (χ3n) is 3.10. The molecule has 1 N–H and O–H groups in total. The molecule has 1 rings (SSSR count). The summed E-state index contributed by atoms with van der Waals surface area (Å²) >= 11 is 0. The van der Waals surface area contributed by atoms with Crippen molar-refractivity contribution in [2.24, 2.45) is 0 Å². The molecule has 1 aliphatic rings. The average Bonchev–Trinajstić information content (AvgIpc) is 2.31. The predicted molar refractivity (Wildman–Crippen MR) is 68.0 cm³/mol. The van der Waals surface area contributed by atoms with Crippen molar-refractivity contribution in [3.8, 4) is 0 Å². The van der Waals surface area contributed by atoms with Gasteiger partial charge in [0.25, 0.3) is 0 Å². The first-order valence-corrected chi connectivity index (χ1v) is 6.36. The lowest BCUT2D eigenvalue weighted by atomic mass is 10.2. The molecule has 1 amide bonds. The fraction of sp³-hybridized carbons (Fsp3) is 0.917. The van der Waals surface area contributed by atoms with Gasteiger partial charge in [-0.3, -0.25) is 9.69 Å². The molecule has 0 aromatic heterocycles. The molecule has 1 aliphatic heterocycles. The molecule has 1 fully saturated rings. The Labute approximate surface area is 104 Å². The van der Waals surface area contributed by atoms with Crippen LogP contribution in [-0.4, -0.2) is 75.2 Å². The van der Waals surface area contributed by atoms with Gasteiger partial charge in [-0.25, -0.2) is 0 Å². The number of rotatable bonds is 6. The molecule has 5 heteroatoms. The number of hydrogen-bond donors (Lipinski definition) is 1. The number of carbonyl (C=O) groups is 1. The Kier molecular flexibility index (Phi) is 6.47. The third kappa shape index (κ3) is 5.48. The summed E-state index contributed by atoms with van der Waals surface area (Å²) in [5.41, 5.74) is 0. The summed E-state index contributed by atoms with van der Waals surface area (Å²) in [6.07, 6.45) is 0.948. The Bertz CT molecular complexity index is 236. The lowest BCUT2D eigenvalue weighted by molar-refractivity contribution is -0.126. The highest BCUT2D eigenvalue weighted by molar-refractivity contribution is 5.77. The molecule has 0 spiro atoms. The van der Waals surface area contributed by atoms with Gasteiger partial charge >= 0.3 is 0 Å². The number of likely N-dealkylation sites (N-methyl/N-ethyl adjacent to an activating group) is 2. The monoisotopic (exact) mass is 243 g/mol. The van der Waals surface area contributed by atoms with Crippen LogP contribution in [0.25, 0.3) is 0 Å². The molecular formula is C12H25N3O2. The van der Waals surface area contributed by atoms with Gasteiger partial charge in [0.15, 0.2) is 0 Å². The van der Waals surface area contributed by atoms with Gasteiger partial charge in [0.2, 0.25) is 5.91 Å². The summed E-state index contributed by atoms with van der Waals surface area (Å²) in [6.45, 7) is 6.73. The van der Waals surface area contributed by atoms with Crippen LogP contribution < -0.4 is 5.32 Å². The van der Waals surface area contributed by atoms with Gasteiger partial charge in [-0.15, -0.1) is 0 Å². The van der Waals surface area contributed by atoms with Crippen LogP contribution in [0.4, 0.5) is 0 Å². The van der Waals surface area contributed by atoms with Crippen molar-refractivity contribution in [3.63, 3.8) is 0 Å². The van der Waals surface area contributed by atoms with Gasteiger partial charge in [-0.2, -0.15) is 0 Å². The van der Waals surface area contributed by atoms with E-state index in [1.807, 2.05) is 6.92 Å². The SMILES string of the molecule is CCCOCC(=O)NCC1CN(C)CCN1C. The van der Waals surface area contributed by atoms with Gasteiger partial charge < -0.3 is 15.0 Å². The number of amides is 1. The predicted octanol–water partition coefficient (Wildman–Crippen LogP) is -0.225. The molecule has 1 atom stereocenters. The van der Waals surface area contributed by atoms with E-state index in [0.717, 1.165) is 26.1 Å². The number of nitrogens with zero attached hydrogens (tertiary/aromatic N) is 2. The Hall–Kier alpha value is -0.650. The molecule has 1 heterocycles. The summed E-state index contributed by atoms with van der Waals surface area (Å²) in [7, 11) is 4.23. The van der Waals surface area contributed by atoms with Crippen LogP contribution in [0.5, 0.6) is 0 Å². The highest BCUT2D eigenvalue weighted by Crippen LogP contribution is 2.04. The van der Waals surface area contributed by atoms with Crippen LogP contribution in [0.3, 0.4) is 0 Å². The summed E-state index contributed by atoms with van der Waals surface area (Å²) in [4.78, 5) is 16.1. The molecule has 1 saturated heterocycles. The van der Waals surface area contributed by atoms with E-state index in [-0.39, 0.29) is 12.5 Å². The Morgan fingerprint density at radius 1 is 1.41 bits per heavy atom. The standard InChI is InChI=1S/C12H25N3O2/c1-4-7-17-10-12(16)13-8-11-9-14(2)5-6-15(11)3/h11H,4-10H2,1-3H3,(H,13,16). The van der Waals surface area contributed by atoms with Crippen molar-refractivity contribution >= 4 is 5.91 Å². The Morgan fingerprint density at radius 2 is 2.18 bits per heavy atom. The minimum Gasteiger partial charge on any atom is -0.372 e. The zero-order valence-corrected chi connectivity index (χ0v) is 11.2. The van der Waals surface area contributed by atoms with E-state index < -0.39 is 0 Å². The normalized spacial score (nSPS) is 22.6. The highest BCUT2D eigenvalue weighted by atomic mass is 16.5. The van der Waals surface area contributed by atoms with E-state index >= 15 is 0 Å². The minimum absolute atomic E-state index is 0.0138. The van der Waals surface area contributed by atoms with Crippen molar-refractivity contribution < 1.29 is 9.53 Å². The summed E-state index contributed by atoms with van der Waals surface area (Å²) < 4.78 is 5.20. The number of ether oxygens (including phenoxy) is 1. The van der Waals surface area contributed by atoms with E-state index in [2.05, 4.69) is 29.2 Å². The summed E-state index contributed by atoms with van der Waals surface area (Å²) in [6, 6.07) is 0.406. The molecule has 5 nitrogen and oxygen atoms in total. The second kappa shape index (κ2) is 7.63. The number of piperazine rings is 1. The fourth-order valence-electron chi connectivity index (χ4n) is 1.91. The third-order valence-corrected chi connectivity index (χ3v) is 3.10. The van der Waals surface area contributed by atoms with Crippen molar-refractivity contribution in [2.75, 3.05) is 53.5 Å². The maximum Gasteiger partial charge on any atom is 0.246 e. The van der Waals surface area contributed by atoms with Crippen LogP contribution in [-0.2, 0) is 9.53 Å². The quantitative estimate of drug-likeness (QED) is 0.655. The molecule has 0 radical (unpaired) electrons. The Balaban J connectivity index is 2.17. The van der Waals surface area contributed by atoms with Gasteiger partial charge in [0.1, 0.15) is 6.61 Å². The minimum atomic E-state index is -0.0138. The van der Waals surface area contributed by atoms with Crippen LogP contribution in [0.1, 0.15) is 13.3 Å². The molecular weight excluding hydrogens is 218 g/mol. The maximum absolute atomic E-state index is 11.5. The number of carbonyl (C=O) groups excluding carboxylic acids is 1. The van der Waals surface area contributed by atoms with Crippen molar-refractivity contribution in [1.29, 1.82) is 0 Å². The van der Waals surface area contributed by atoms with Gasteiger partial charge in [0, 0.05) is 38.8 Å². The number of hydrogen-bond acceptors (Lipinski definition) is 4. The van der Waals surface area contributed by atoms with Crippen LogP contribution in [0.2, 0.25) is 0 Å². The largest absolute Gasteiger partial charge is 0.372 e. The molecule has 0 aromatic carbocycles. The van der Waals surface area contributed by atoms with Gasteiger partial charge in [-0.1, -0.05) is 6.92 Å². The lowest BCUT2D eigenvalue weighted by Gasteiger charge is -2.37. The number of nitrogens with one attached hydrogen (secondary N) is 1. The van der Waals surface area contributed by atoms with E-state index in [1.165, 1.54) is 0 Å². The maximum atomic E-state index is 11.5. The zero-order valence-electron chi connectivity index (χ0n) is 11.2. The molecule has 0 bridgehead atoms. The molecule has 100 valence electrons. The first-order chi connectivity index (χ1) is 8.13. The van der Waals surface area contributed by atoms with Crippen LogP contribution in [0, 0.1) is 0 Å². The molecule has 0 aliphatic carbocycles. The second-order valence-electron chi connectivity index (χ2n) is 4.75. The van der Waals surface area contributed by atoms with E-state index in [1.54, 1.807) is 0 Å². The van der Waals surface area contributed by atoms with E-state index in [9.17, 15) is 4.79 Å². The van der Waals surface area contributed by atoms with E-state index in [4.69, 9.17) is 4.74 Å². The van der Waals surface area contributed by atoms with Crippen molar-refractivity contribution in [2.45, 2.75) is 19.4 Å². The zero-order chi connectivity index (χ0) is 12.7. The van der Waals surface area contributed by atoms with Gasteiger partial charge in [0.05, 0.1) is 0 Å². The topological polar surface area (TPSA) is 44.8 Å².